The number of nitrogens with one attached hydrogen (secondary N) is 1. The molecule has 0 aliphatic carbocycles. The van der Waals surface area contributed by atoms with Gasteiger partial charge in [-0.15, -0.1) is 0 Å². The van der Waals surface area contributed by atoms with Crippen LogP contribution in [0.2, 0.25) is 0 Å². The first-order chi connectivity index (χ1) is 7.24. The molecule has 3 nitrogen and oxygen atoms in total. The summed E-state index contributed by atoms with van der Waals surface area (Å²) >= 11 is 0. The highest BCUT2D eigenvalue weighted by atomic mass is 16.5. The van der Waals surface area contributed by atoms with Gasteiger partial charge < -0.3 is 10.1 Å². The van der Waals surface area contributed by atoms with E-state index in [0.717, 1.165) is 5.56 Å². The first-order valence-electron chi connectivity index (χ1n) is 5.17. The van der Waals surface area contributed by atoms with Gasteiger partial charge in [0.2, 0.25) is 5.91 Å². The molecule has 1 heterocycles. The van der Waals surface area contributed by atoms with Crippen molar-refractivity contribution in [2.75, 3.05) is 13.2 Å². The van der Waals surface area contributed by atoms with E-state index >= 15 is 0 Å². The molecule has 1 aliphatic heterocycles. The summed E-state index contributed by atoms with van der Waals surface area (Å²) in [5, 5.41) is 2.92. The number of hydrogen-bond donors (Lipinski definition) is 1. The van der Waals surface area contributed by atoms with Crippen molar-refractivity contribution in [2.24, 2.45) is 0 Å². The Morgan fingerprint density at radius 3 is 2.60 bits per heavy atom. The van der Waals surface area contributed by atoms with Crippen molar-refractivity contribution in [3.8, 4) is 0 Å². The van der Waals surface area contributed by atoms with Crippen molar-refractivity contribution in [3.05, 3.63) is 35.4 Å². The van der Waals surface area contributed by atoms with Crippen molar-refractivity contribution in [3.63, 3.8) is 0 Å². The van der Waals surface area contributed by atoms with E-state index in [-0.39, 0.29) is 11.9 Å². The first kappa shape index (κ1) is 10.2. The minimum absolute atomic E-state index is 0.0761. The van der Waals surface area contributed by atoms with Crippen molar-refractivity contribution in [1.29, 1.82) is 0 Å². The van der Waals surface area contributed by atoms with E-state index in [1.807, 2.05) is 31.2 Å². The molecule has 15 heavy (non-hydrogen) atoms. The van der Waals surface area contributed by atoms with Crippen LogP contribution in [0.5, 0.6) is 0 Å². The fourth-order valence-corrected chi connectivity index (χ4v) is 1.49. The number of rotatable bonds is 3. The summed E-state index contributed by atoms with van der Waals surface area (Å²) in [6.45, 7) is 3.34. The highest BCUT2D eigenvalue weighted by Crippen LogP contribution is 2.05. The van der Waals surface area contributed by atoms with Gasteiger partial charge in [-0.2, -0.15) is 0 Å². The summed E-state index contributed by atoms with van der Waals surface area (Å²) in [4.78, 5) is 11.5. The molecule has 0 unspecified atom stereocenters. The van der Waals surface area contributed by atoms with Crippen LogP contribution in [-0.4, -0.2) is 25.2 Å². The normalized spacial score (nSPS) is 15.8. The molecule has 1 saturated heterocycles. The molecule has 0 spiro atoms. The smallest absolute Gasteiger partial charge is 0.224 e. The van der Waals surface area contributed by atoms with Gasteiger partial charge >= 0.3 is 0 Å². The second-order valence-electron chi connectivity index (χ2n) is 3.96. The van der Waals surface area contributed by atoms with Gasteiger partial charge in [0, 0.05) is 0 Å². The summed E-state index contributed by atoms with van der Waals surface area (Å²) in [7, 11) is 0. The highest BCUT2D eigenvalue weighted by molar-refractivity contribution is 5.78. The Bertz CT molecular complexity index is 341. The van der Waals surface area contributed by atoms with Crippen LogP contribution < -0.4 is 5.32 Å². The number of amides is 1. The molecule has 80 valence electrons. The van der Waals surface area contributed by atoms with E-state index in [1.165, 1.54) is 5.56 Å². The summed E-state index contributed by atoms with van der Waals surface area (Å²) in [5.41, 5.74) is 2.27. The second-order valence-corrected chi connectivity index (χ2v) is 3.96. The van der Waals surface area contributed by atoms with E-state index < -0.39 is 0 Å². The van der Waals surface area contributed by atoms with Crippen LogP contribution in [0.4, 0.5) is 0 Å². The fraction of sp³-hybridized carbons (Fsp3) is 0.417. The van der Waals surface area contributed by atoms with Crippen LogP contribution in [0.1, 0.15) is 11.1 Å². The number of aryl methyl sites for hydroxylation is 1. The number of carbonyl (C=O) groups excluding carboxylic acids is 1. The average molecular weight is 205 g/mol. The van der Waals surface area contributed by atoms with Gasteiger partial charge in [0.1, 0.15) is 0 Å². The Morgan fingerprint density at radius 1 is 1.40 bits per heavy atom. The maximum atomic E-state index is 11.5. The van der Waals surface area contributed by atoms with Gasteiger partial charge in [-0.05, 0) is 12.5 Å². The maximum Gasteiger partial charge on any atom is 0.224 e. The van der Waals surface area contributed by atoms with Crippen LogP contribution in [0, 0.1) is 6.92 Å². The van der Waals surface area contributed by atoms with E-state index in [1.54, 1.807) is 0 Å². The lowest BCUT2D eigenvalue weighted by Gasteiger charge is -2.26. The van der Waals surface area contributed by atoms with Gasteiger partial charge in [0.15, 0.2) is 0 Å². The summed E-state index contributed by atoms with van der Waals surface area (Å²) in [6, 6.07) is 8.26. The fourth-order valence-electron chi connectivity index (χ4n) is 1.49. The highest BCUT2D eigenvalue weighted by Gasteiger charge is 2.19. The second kappa shape index (κ2) is 4.45. The third kappa shape index (κ3) is 2.80. The topological polar surface area (TPSA) is 38.3 Å². The van der Waals surface area contributed by atoms with Crippen molar-refractivity contribution in [1.82, 2.24) is 5.32 Å². The predicted molar refractivity (Wildman–Crippen MR) is 57.6 cm³/mol. The molecule has 1 fully saturated rings. The van der Waals surface area contributed by atoms with E-state index in [0.29, 0.717) is 19.6 Å². The van der Waals surface area contributed by atoms with Crippen LogP contribution >= 0.6 is 0 Å². The van der Waals surface area contributed by atoms with E-state index in [2.05, 4.69) is 5.32 Å². The van der Waals surface area contributed by atoms with Crippen LogP contribution in [0.25, 0.3) is 0 Å². The Hall–Kier alpha value is -1.35. The average Bonchev–Trinajstić information content (AvgIpc) is 2.16. The molecule has 0 bridgehead atoms. The third-order valence-corrected chi connectivity index (χ3v) is 2.49. The first-order valence-corrected chi connectivity index (χ1v) is 5.17. The maximum absolute atomic E-state index is 11.5. The molecule has 0 saturated carbocycles. The zero-order valence-electron chi connectivity index (χ0n) is 8.82. The molecule has 1 aromatic rings. The van der Waals surface area contributed by atoms with E-state index in [4.69, 9.17) is 4.74 Å². The molecular weight excluding hydrogens is 190 g/mol. The molecule has 1 aromatic carbocycles. The number of carbonyl (C=O) groups is 1. The predicted octanol–water partition coefficient (Wildman–Crippen LogP) is 1.05. The summed E-state index contributed by atoms with van der Waals surface area (Å²) < 4.78 is 4.99. The lowest BCUT2D eigenvalue weighted by Crippen LogP contribution is -2.49. The van der Waals surface area contributed by atoms with Crippen LogP contribution in [0.15, 0.2) is 24.3 Å². The van der Waals surface area contributed by atoms with E-state index in [9.17, 15) is 4.79 Å². The molecule has 1 N–H and O–H groups in total. The van der Waals surface area contributed by atoms with Gasteiger partial charge in [-0.25, -0.2) is 0 Å². The van der Waals surface area contributed by atoms with Crippen molar-refractivity contribution >= 4 is 5.91 Å². The largest absolute Gasteiger partial charge is 0.377 e. The monoisotopic (exact) mass is 205 g/mol. The molecule has 1 aliphatic rings. The van der Waals surface area contributed by atoms with Gasteiger partial charge in [-0.1, -0.05) is 29.8 Å². The zero-order valence-corrected chi connectivity index (χ0v) is 8.82. The molecule has 0 radical (unpaired) electrons. The van der Waals surface area contributed by atoms with Gasteiger partial charge in [0.05, 0.1) is 25.7 Å². The Labute approximate surface area is 89.4 Å². The standard InChI is InChI=1S/C12H15NO2/c1-9-2-4-10(5-3-9)6-12(14)13-11-7-15-8-11/h2-5,11H,6-8H2,1H3,(H,13,14). The quantitative estimate of drug-likeness (QED) is 0.801. The molecule has 0 aromatic heterocycles. The Balaban J connectivity index is 1.84. The Morgan fingerprint density at radius 2 is 2.07 bits per heavy atom. The number of benzene rings is 1. The third-order valence-electron chi connectivity index (χ3n) is 2.49. The molecular formula is C12H15NO2. The Kier molecular flexibility index (Phi) is 3.02. The lowest BCUT2D eigenvalue weighted by atomic mass is 10.1. The minimum Gasteiger partial charge on any atom is -0.377 e. The minimum atomic E-state index is 0.0761. The lowest BCUT2D eigenvalue weighted by molar-refractivity contribution is -0.124. The van der Waals surface area contributed by atoms with Gasteiger partial charge in [-0.3, -0.25) is 4.79 Å². The SMILES string of the molecule is Cc1ccc(CC(=O)NC2COC2)cc1. The number of hydrogen-bond acceptors (Lipinski definition) is 2. The molecule has 2 rings (SSSR count). The zero-order chi connectivity index (χ0) is 10.7. The summed E-state index contributed by atoms with van der Waals surface area (Å²) in [5.74, 6) is 0.0761. The van der Waals surface area contributed by atoms with Crippen molar-refractivity contribution in [2.45, 2.75) is 19.4 Å². The summed E-state index contributed by atoms with van der Waals surface area (Å²) in [6.07, 6.45) is 0.455. The molecule has 1 amide bonds. The number of ether oxygens (including phenoxy) is 1. The molecule has 0 atom stereocenters. The van der Waals surface area contributed by atoms with Crippen LogP contribution in [0.3, 0.4) is 0 Å². The van der Waals surface area contributed by atoms with Crippen molar-refractivity contribution < 1.29 is 9.53 Å². The van der Waals surface area contributed by atoms with Crippen LogP contribution in [-0.2, 0) is 16.0 Å². The van der Waals surface area contributed by atoms with Gasteiger partial charge in [0.25, 0.3) is 0 Å². The molecule has 3 heteroatoms.